The summed E-state index contributed by atoms with van der Waals surface area (Å²) in [5.74, 6) is 1.66. The Morgan fingerprint density at radius 3 is 2.62 bits per heavy atom. The third-order valence-electron chi connectivity index (χ3n) is 3.41. The van der Waals surface area contributed by atoms with Crippen LogP contribution in [0, 0.1) is 0 Å². The Hall–Kier alpha value is -2.60. The van der Waals surface area contributed by atoms with Crippen molar-refractivity contribution in [2.24, 2.45) is 0 Å². The quantitative estimate of drug-likeness (QED) is 0.617. The molecule has 0 radical (unpaired) electrons. The Morgan fingerprint density at radius 1 is 1.08 bits per heavy atom. The lowest BCUT2D eigenvalue weighted by Crippen LogP contribution is -2.04. The summed E-state index contributed by atoms with van der Waals surface area (Å²) in [6.07, 6.45) is 4.22. The van der Waals surface area contributed by atoms with E-state index in [1.54, 1.807) is 18.9 Å². The van der Waals surface area contributed by atoms with Gasteiger partial charge in [0.2, 0.25) is 5.16 Å². The predicted molar refractivity (Wildman–Crippen MR) is 96.1 cm³/mol. The highest BCUT2D eigenvalue weighted by molar-refractivity contribution is 7.99. The van der Waals surface area contributed by atoms with Gasteiger partial charge in [-0.15, -0.1) is 5.10 Å². The van der Waals surface area contributed by atoms with Gasteiger partial charge in [0.25, 0.3) is 0 Å². The molecule has 0 amide bonds. The summed E-state index contributed by atoms with van der Waals surface area (Å²) in [7, 11) is 1.66. The van der Waals surface area contributed by atoms with Crippen LogP contribution in [0.15, 0.2) is 65.8 Å². The zero-order chi connectivity index (χ0) is 16.6. The summed E-state index contributed by atoms with van der Waals surface area (Å²) >= 11 is 1.62. The highest BCUT2D eigenvalue weighted by Crippen LogP contribution is 2.17. The van der Waals surface area contributed by atoms with E-state index in [1.165, 1.54) is 5.56 Å². The summed E-state index contributed by atoms with van der Waals surface area (Å²) in [5, 5.41) is 12.8. The number of rotatable bonds is 7. The maximum Gasteiger partial charge on any atom is 0.209 e. The van der Waals surface area contributed by atoms with Crippen LogP contribution < -0.4 is 4.74 Å². The molecular formula is C18H18N4OS. The maximum atomic E-state index is 5.17. The van der Waals surface area contributed by atoms with Gasteiger partial charge >= 0.3 is 0 Å². The van der Waals surface area contributed by atoms with Gasteiger partial charge in [0.15, 0.2) is 0 Å². The van der Waals surface area contributed by atoms with Crippen molar-refractivity contribution >= 4 is 17.8 Å². The molecule has 6 heteroatoms. The summed E-state index contributed by atoms with van der Waals surface area (Å²) in [6, 6.07) is 18.1. The minimum absolute atomic E-state index is 0.641. The first-order valence-electron chi connectivity index (χ1n) is 7.58. The molecule has 122 valence electrons. The van der Waals surface area contributed by atoms with Crippen molar-refractivity contribution in [2.45, 2.75) is 11.7 Å². The lowest BCUT2D eigenvalue weighted by Gasteiger charge is -2.05. The molecule has 0 atom stereocenters. The molecule has 0 spiro atoms. The van der Waals surface area contributed by atoms with Crippen molar-refractivity contribution < 1.29 is 4.74 Å². The van der Waals surface area contributed by atoms with Crippen molar-refractivity contribution in [1.29, 1.82) is 0 Å². The Labute approximate surface area is 145 Å². The molecule has 0 unspecified atom stereocenters. The topological polar surface area (TPSA) is 52.8 Å². The fourth-order valence-electron chi connectivity index (χ4n) is 2.17. The molecule has 1 heterocycles. The molecule has 3 aromatic rings. The smallest absolute Gasteiger partial charge is 0.209 e. The maximum absolute atomic E-state index is 5.17. The number of hydrogen-bond acceptors (Lipinski definition) is 5. The molecule has 5 nitrogen and oxygen atoms in total. The largest absolute Gasteiger partial charge is 0.497 e. The fraction of sp³-hybridized carbons (Fsp3) is 0.167. The van der Waals surface area contributed by atoms with E-state index < -0.39 is 0 Å². The van der Waals surface area contributed by atoms with Crippen LogP contribution in [0.5, 0.6) is 5.75 Å². The van der Waals surface area contributed by atoms with Crippen molar-refractivity contribution in [3.05, 3.63) is 71.8 Å². The first-order valence-corrected chi connectivity index (χ1v) is 8.57. The lowest BCUT2D eigenvalue weighted by molar-refractivity contribution is 0.414. The Kier molecular flexibility index (Phi) is 5.63. The van der Waals surface area contributed by atoms with Gasteiger partial charge in [-0.25, -0.2) is 4.68 Å². The van der Waals surface area contributed by atoms with Crippen molar-refractivity contribution in [1.82, 2.24) is 20.2 Å². The first-order chi connectivity index (χ1) is 11.8. The van der Waals surface area contributed by atoms with Crippen LogP contribution in [0.1, 0.15) is 11.1 Å². The van der Waals surface area contributed by atoms with E-state index >= 15 is 0 Å². The van der Waals surface area contributed by atoms with Crippen LogP contribution >= 0.6 is 11.8 Å². The molecule has 0 aliphatic heterocycles. The van der Waals surface area contributed by atoms with Gasteiger partial charge in [-0.2, -0.15) is 0 Å². The van der Waals surface area contributed by atoms with Crippen molar-refractivity contribution in [3.8, 4) is 5.75 Å². The minimum atomic E-state index is 0.641. The Morgan fingerprint density at radius 2 is 1.88 bits per heavy atom. The zero-order valence-corrected chi connectivity index (χ0v) is 14.2. The molecule has 0 N–H and O–H groups in total. The van der Waals surface area contributed by atoms with Gasteiger partial charge in [0.1, 0.15) is 5.75 Å². The number of hydrogen-bond donors (Lipinski definition) is 0. The number of thioether (sulfide) groups is 1. The summed E-state index contributed by atoms with van der Waals surface area (Å²) in [6.45, 7) is 0.641. The molecule has 1 aromatic heterocycles. The Balaban J connectivity index is 1.57. The third kappa shape index (κ3) is 4.45. The third-order valence-corrected chi connectivity index (χ3v) is 4.32. The molecule has 3 rings (SSSR count). The summed E-state index contributed by atoms with van der Waals surface area (Å²) in [5.41, 5.74) is 2.32. The van der Waals surface area contributed by atoms with E-state index in [0.29, 0.717) is 6.54 Å². The zero-order valence-electron chi connectivity index (χ0n) is 13.4. The van der Waals surface area contributed by atoms with Crippen LogP contribution in [0.25, 0.3) is 6.08 Å². The molecule has 0 fully saturated rings. The van der Waals surface area contributed by atoms with Crippen LogP contribution in [0.3, 0.4) is 0 Å². The number of ether oxygens (including phenoxy) is 1. The van der Waals surface area contributed by atoms with Gasteiger partial charge in [0.05, 0.1) is 13.7 Å². The van der Waals surface area contributed by atoms with E-state index in [9.17, 15) is 0 Å². The van der Waals surface area contributed by atoms with Crippen LogP contribution in [0.2, 0.25) is 0 Å². The molecule has 24 heavy (non-hydrogen) atoms. The number of methoxy groups -OCH3 is 1. The molecule has 0 saturated carbocycles. The van der Waals surface area contributed by atoms with Gasteiger partial charge in [-0.05, 0) is 33.7 Å². The standard InChI is InChI=1S/C18H18N4OS/c1-23-17-11-9-16(10-12-17)14-22-18(19-20-21-22)24-13-5-8-15-6-3-2-4-7-15/h2-12H,13-14H2,1H3/b8-5+. The number of tetrazole rings is 1. The fourth-order valence-corrected chi connectivity index (χ4v) is 2.86. The SMILES string of the molecule is COc1ccc(Cn2nnnc2SC/C=C/c2ccccc2)cc1. The summed E-state index contributed by atoms with van der Waals surface area (Å²) < 4.78 is 6.98. The monoisotopic (exact) mass is 338 g/mol. The number of nitrogens with zero attached hydrogens (tertiary/aromatic N) is 4. The first kappa shape index (κ1) is 16.3. The highest BCUT2D eigenvalue weighted by atomic mass is 32.2. The second kappa shape index (κ2) is 8.31. The summed E-state index contributed by atoms with van der Waals surface area (Å²) in [4.78, 5) is 0. The van der Waals surface area contributed by atoms with Crippen molar-refractivity contribution in [2.75, 3.05) is 12.9 Å². The van der Waals surface area contributed by atoms with E-state index in [4.69, 9.17) is 4.74 Å². The van der Waals surface area contributed by atoms with Gasteiger partial charge in [0, 0.05) is 5.75 Å². The van der Waals surface area contributed by atoms with E-state index in [-0.39, 0.29) is 0 Å². The average Bonchev–Trinajstić information content (AvgIpc) is 3.07. The van der Waals surface area contributed by atoms with Crippen molar-refractivity contribution in [3.63, 3.8) is 0 Å². The van der Waals surface area contributed by atoms with Crippen LogP contribution in [0.4, 0.5) is 0 Å². The normalized spacial score (nSPS) is 11.0. The Bertz CT molecular complexity index is 784. The van der Waals surface area contributed by atoms with Gasteiger partial charge in [-0.1, -0.05) is 66.4 Å². The van der Waals surface area contributed by atoms with E-state index in [2.05, 4.69) is 39.8 Å². The van der Waals surface area contributed by atoms with Crippen LogP contribution in [-0.4, -0.2) is 33.1 Å². The second-order valence-electron chi connectivity index (χ2n) is 5.09. The predicted octanol–water partition coefficient (Wildman–Crippen LogP) is 3.54. The van der Waals surface area contributed by atoms with Gasteiger partial charge < -0.3 is 4.74 Å². The molecule has 0 aliphatic rings. The van der Waals surface area contributed by atoms with E-state index in [1.807, 2.05) is 47.1 Å². The highest BCUT2D eigenvalue weighted by Gasteiger charge is 2.06. The molecular weight excluding hydrogens is 320 g/mol. The molecule has 0 bridgehead atoms. The molecule has 0 saturated heterocycles. The number of benzene rings is 2. The van der Waals surface area contributed by atoms with Gasteiger partial charge in [-0.3, -0.25) is 0 Å². The average molecular weight is 338 g/mol. The minimum Gasteiger partial charge on any atom is -0.497 e. The number of aromatic nitrogens is 4. The molecule has 2 aromatic carbocycles. The van der Waals surface area contributed by atoms with E-state index in [0.717, 1.165) is 22.2 Å². The lowest BCUT2D eigenvalue weighted by atomic mass is 10.2. The molecule has 0 aliphatic carbocycles. The second-order valence-corrected chi connectivity index (χ2v) is 6.08. The van der Waals surface area contributed by atoms with Crippen LogP contribution in [-0.2, 0) is 6.54 Å².